The van der Waals surface area contributed by atoms with Crippen molar-refractivity contribution in [3.63, 3.8) is 0 Å². The van der Waals surface area contributed by atoms with Crippen molar-refractivity contribution in [3.8, 4) is 5.75 Å². The summed E-state index contributed by atoms with van der Waals surface area (Å²) in [5, 5.41) is 2.85. The number of aryl methyl sites for hydroxylation is 1. The van der Waals surface area contributed by atoms with Gasteiger partial charge in [0.25, 0.3) is 0 Å². The molecule has 2 aliphatic rings. The molecular formula is C17H24FN3O2. The number of amides is 2. The van der Waals surface area contributed by atoms with E-state index < -0.39 is 0 Å². The molecule has 1 fully saturated rings. The zero-order valence-electron chi connectivity index (χ0n) is 13.8. The quantitative estimate of drug-likeness (QED) is 0.928. The molecule has 1 unspecified atom stereocenters. The van der Waals surface area contributed by atoms with Crippen LogP contribution in [0.2, 0.25) is 0 Å². The first-order valence-corrected chi connectivity index (χ1v) is 8.27. The van der Waals surface area contributed by atoms with Gasteiger partial charge in [-0.15, -0.1) is 0 Å². The Morgan fingerprint density at radius 1 is 1.35 bits per heavy atom. The summed E-state index contributed by atoms with van der Waals surface area (Å²) in [5.74, 6) is 0.0320. The number of hydrogen-bond acceptors (Lipinski definition) is 3. The molecule has 0 bridgehead atoms. The van der Waals surface area contributed by atoms with Gasteiger partial charge in [-0.3, -0.25) is 4.90 Å². The molecule has 1 saturated heterocycles. The van der Waals surface area contributed by atoms with Gasteiger partial charge in [0.15, 0.2) is 11.6 Å². The Balaban J connectivity index is 1.68. The molecule has 1 aromatic carbocycles. The monoisotopic (exact) mass is 321 g/mol. The smallest absolute Gasteiger partial charge is 0.317 e. The molecule has 3 rings (SSSR count). The van der Waals surface area contributed by atoms with Crippen LogP contribution < -0.4 is 10.1 Å². The fraction of sp³-hybridized carbons (Fsp3) is 0.588. The standard InChI is InChI=1S/C17H24FN3O2/c1-3-19-17(22)21-8-6-20(7-9-21)15-5-4-12-10-14(18)16(23-2)11-13(12)15/h10-11,15H,3-9H2,1-2H3,(H,19,22). The molecule has 2 amide bonds. The molecule has 1 aliphatic heterocycles. The van der Waals surface area contributed by atoms with Crippen LogP contribution in [0.4, 0.5) is 9.18 Å². The van der Waals surface area contributed by atoms with Crippen LogP contribution in [0, 0.1) is 5.82 Å². The number of nitrogens with zero attached hydrogens (tertiary/aromatic N) is 2. The first-order valence-electron chi connectivity index (χ1n) is 8.27. The Kier molecular flexibility index (Phi) is 4.71. The van der Waals surface area contributed by atoms with Crippen LogP contribution in [0.15, 0.2) is 12.1 Å². The van der Waals surface area contributed by atoms with Gasteiger partial charge in [0.1, 0.15) is 0 Å². The van der Waals surface area contributed by atoms with Crippen LogP contribution in [0.25, 0.3) is 0 Å². The van der Waals surface area contributed by atoms with Crippen LogP contribution in [0.1, 0.15) is 30.5 Å². The molecule has 6 heteroatoms. The van der Waals surface area contributed by atoms with E-state index in [4.69, 9.17) is 4.74 Å². The number of carbonyl (C=O) groups is 1. The zero-order valence-corrected chi connectivity index (χ0v) is 13.8. The van der Waals surface area contributed by atoms with E-state index in [0.29, 0.717) is 18.3 Å². The molecule has 1 N–H and O–H groups in total. The summed E-state index contributed by atoms with van der Waals surface area (Å²) in [4.78, 5) is 16.1. The van der Waals surface area contributed by atoms with Crippen molar-refractivity contribution >= 4 is 6.03 Å². The number of fused-ring (bicyclic) bond motifs is 1. The summed E-state index contributed by atoms with van der Waals surface area (Å²) >= 11 is 0. The maximum atomic E-state index is 13.8. The molecule has 1 aromatic rings. The minimum atomic E-state index is -0.284. The second kappa shape index (κ2) is 6.74. The van der Waals surface area contributed by atoms with Gasteiger partial charge in [0.2, 0.25) is 0 Å². The lowest BCUT2D eigenvalue weighted by molar-refractivity contribution is 0.108. The van der Waals surface area contributed by atoms with Crippen molar-refractivity contribution in [2.75, 3.05) is 39.8 Å². The molecule has 0 saturated carbocycles. The average molecular weight is 321 g/mol. The van der Waals surface area contributed by atoms with Crippen LogP contribution in [-0.2, 0) is 6.42 Å². The molecule has 1 atom stereocenters. The number of hydrogen-bond donors (Lipinski definition) is 1. The van der Waals surface area contributed by atoms with Crippen LogP contribution in [0.3, 0.4) is 0 Å². The number of piperazine rings is 1. The molecule has 1 aliphatic carbocycles. The number of benzene rings is 1. The van der Waals surface area contributed by atoms with Gasteiger partial charge in [-0.05, 0) is 43.0 Å². The molecule has 0 radical (unpaired) electrons. The molecular weight excluding hydrogens is 297 g/mol. The molecule has 5 nitrogen and oxygen atoms in total. The third-order valence-corrected chi connectivity index (χ3v) is 4.83. The lowest BCUT2D eigenvalue weighted by Crippen LogP contribution is -2.52. The molecule has 126 valence electrons. The summed E-state index contributed by atoms with van der Waals surface area (Å²) in [7, 11) is 1.50. The second-order valence-electron chi connectivity index (χ2n) is 6.10. The summed E-state index contributed by atoms with van der Waals surface area (Å²) in [6, 6.07) is 3.77. The van der Waals surface area contributed by atoms with Crippen molar-refractivity contribution in [2.24, 2.45) is 0 Å². The Morgan fingerprint density at radius 3 is 2.74 bits per heavy atom. The van der Waals surface area contributed by atoms with Crippen LogP contribution in [0.5, 0.6) is 5.75 Å². The van der Waals surface area contributed by atoms with E-state index in [0.717, 1.165) is 44.6 Å². The minimum absolute atomic E-state index is 0.0164. The van der Waals surface area contributed by atoms with Crippen LogP contribution >= 0.6 is 0 Å². The highest BCUT2D eigenvalue weighted by atomic mass is 19.1. The Bertz CT molecular complexity index is 585. The fourth-order valence-electron chi connectivity index (χ4n) is 3.62. The summed E-state index contributed by atoms with van der Waals surface area (Å²) in [6.07, 6.45) is 1.90. The van der Waals surface area contributed by atoms with Crippen molar-refractivity contribution in [1.82, 2.24) is 15.1 Å². The van der Waals surface area contributed by atoms with Gasteiger partial charge in [-0.1, -0.05) is 0 Å². The second-order valence-corrected chi connectivity index (χ2v) is 6.10. The number of nitrogens with one attached hydrogen (secondary N) is 1. The lowest BCUT2D eigenvalue weighted by atomic mass is 10.1. The summed E-state index contributed by atoms with van der Waals surface area (Å²) < 4.78 is 19.0. The first kappa shape index (κ1) is 16.1. The van der Waals surface area contributed by atoms with E-state index in [2.05, 4.69) is 10.2 Å². The van der Waals surface area contributed by atoms with Crippen molar-refractivity contribution in [3.05, 3.63) is 29.1 Å². The predicted octanol–water partition coefficient (Wildman–Crippen LogP) is 2.17. The van der Waals surface area contributed by atoms with Gasteiger partial charge >= 0.3 is 6.03 Å². The molecule has 0 spiro atoms. The highest BCUT2D eigenvalue weighted by Gasteiger charge is 2.32. The summed E-state index contributed by atoms with van der Waals surface area (Å²) in [6.45, 7) is 5.74. The van der Waals surface area contributed by atoms with Crippen molar-refractivity contribution in [2.45, 2.75) is 25.8 Å². The van der Waals surface area contributed by atoms with Gasteiger partial charge in [-0.25, -0.2) is 9.18 Å². The third-order valence-electron chi connectivity index (χ3n) is 4.83. The highest BCUT2D eigenvalue weighted by Crippen LogP contribution is 2.39. The maximum Gasteiger partial charge on any atom is 0.317 e. The van der Waals surface area contributed by atoms with Crippen molar-refractivity contribution in [1.29, 1.82) is 0 Å². The first-order chi connectivity index (χ1) is 11.1. The van der Waals surface area contributed by atoms with Gasteiger partial charge in [0, 0.05) is 38.8 Å². The molecule has 23 heavy (non-hydrogen) atoms. The normalized spacial score (nSPS) is 21.2. The third kappa shape index (κ3) is 3.13. The highest BCUT2D eigenvalue weighted by molar-refractivity contribution is 5.74. The van der Waals surface area contributed by atoms with Crippen LogP contribution in [-0.4, -0.2) is 55.7 Å². The SMILES string of the molecule is CCNC(=O)N1CCN(C2CCc3cc(F)c(OC)cc32)CC1. The Labute approximate surface area is 136 Å². The number of rotatable bonds is 3. The lowest BCUT2D eigenvalue weighted by Gasteiger charge is -2.38. The Hall–Kier alpha value is -1.82. The van der Waals surface area contributed by atoms with E-state index >= 15 is 0 Å². The topological polar surface area (TPSA) is 44.8 Å². The van der Waals surface area contributed by atoms with E-state index in [1.54, 1.807) is 6.07 Å². The predicted molar refractivity (Wildman–Crippen MR) is 86.2 cm³/mol. The average Bonchev–Trinajstić information content (AvgIpc) is 2.97. The van der Waals surface area contributed by atoms with E-state index in [1.165, 1.54) is 12.7 Å². The number of methoxy groups -OCH3 is 1. The van der Waals surface area contributed by atoms with E-state index in [1.807, 2.05) is 17.9 Å². The number of carbonyl (C=O) groups excluding carboxylic acids is 1. The van der Waals surface area contributed by atoms with E-state index in [-0.39, 0.29) is 11.8 Å². The zero-order chi connectivity index (χ0) is 16.4. The summed E-state index contributed by atoms with van der Waals surface area (Å²) in [5.41, 5.74) is 2.26. The van der Waals surface area contributed by atoms with Gasteiger partial charge in [-0.2, -0.15) is 0 Å². The van der Waals surface area contributed by atoms with Gasteiger partial charge in [0.05, 0.1) is 7.11 Å². The number of urea groups is 1. The van der Waals surface area contributed by atoms with Crippen molar-refractivity contribution < 1.29 is 13.9 Å². The molecule has 0 aromatic heterocycles. The minimum Gasteiger partial charge on any atom is -0.494 e. The largest absolute Gasteiger partial charge is 0.494 e. The fourth-order valence-corrected chi connectivity index (χ4v) is 3.62. The molecule has 1 heterocycles. The van der Waals surface area contributed by atoms with E-state index in [9.17, 15) is 9.18 Å². The number of ether oxygens (including phenoxy) is 1. The number of halogens is 1. The Morgan fingerprint density at radius 2 is 2.09 bits per heavy atom. The van der Waals surface area contributed by atoms with Gasteiger partial charge < -0.3 is 15.0 Å². The maximum absolute atomic E-state index is 13.8.